The van der Waals surface area contributed by atoms with E-state index in [1.54, 1.807) is 12.3 Å². The number of fused-ring (bicyclic) bond motifs is 1. The Labute approximate surface area is 158 Å². The number of amides is 1. The van der Waals surface area contributed by atoms with Gasteiger partial charge in [-0.15, -0.1) is 0 Å². The Morgan fingerprint density at radius 1 is 1.19 bits per heavy atom. The molecule has 0 saturated heterocycles. The summed E-state index contributed by atoms with van der Waals surface area (Å²) in [6.45, 7) is 2.86. The molecule has 1 aliphatic rings. The summed E-state index contributed by atoms with van der Waals surface area (Å²) in [7, 11) is 0. The normalized spacial score (nSPS) is 19.9. The van der Waals surface area contributed by atoms with E-state index in [2.05, 4.69) is 29.4 Å². The number of nitrogens with zero attached hydrogens (tertiary/aromatic N) is 3. The van der Waals surface area contributed by atoms with Gasteiger partial charge in [0.05, 0.1) is 11.6 Å². The van der Waals surface area contributed by atoms with Crippen LogP contribution in [0.3, 0.4) is 0 Å². The summed E-state index contributed by atoms with van der Waals surface area (Å²) in [4.78, 5) is 16.8. The third-order valence-corrected chi connectivity index (χ3v) is 5.26. The summed E-state index contributed by atoms with van der Waals surface area (Å²) < 4.78 is 1.97. The molecule has 140 valence electrons. The first-order chi connectivity index (χ1) is 13.2. The van der Waals surface area contributed by atoms with Crippen molar-refractivity contribution in [3.05, 3.63) is 48.3 Å². The number of aliphatic hydroxyl groups is 1. The van der Waals surface area contributed by atoms with E-state index in [1.165, 1.54) is 0 Å². The fourth-order valence-corrected chi connectivity index (χ4v) is 3.73. The van der Waals surface area contributed by atoms with E-state index < -0.39 is 0 Å². The minimum Gasteiger partial charge on any atom is -0.393 e. The minimum absolute atomic E-state index is 0.117. The molecule has 0 aliphatic heterocycles. The van der Waals surface area contributed by atoms with Crippen molar-refractivity contribution in [1.29, 1.82) is 0 Å². The Morgan fingerprint density at radius 3 is 2.67 bits per heavy atom. The quantitative estimate of drug-likeness (QED) is 0.745. The largest absolute Gasteiger partial charge is 0.393 e. The molecule has 4 rings (SSSR count). The predicted molar refractivity (Wildman–Crippen MR) is 104 cm³/mol. The molecular weight excluding hydrogens is 340 g/mol. The van der Waals surface area contributed by atoms with Gasteiger partial charge in [0.2, 0.25) is 0 Å². The maximum Gasteiger partial charge on any atom is 0.270 e. The summed E-state index contributed by atoms with van der Waals surface area (Å²) in [5.74, 6) is -0.160. The molecule has 6 heteroatoms. The number of pyridine rings is 1. The molecule has 2 aromatic heterocycles. The highest BCUT2D eigenvalue weighted by molar-refractivity contribution is 5.95. The molecule has 1 fully saturated rings. The van der Waals surface area contributed by atoms with E-state index in [9.17, 15) is 9.90 Å². The molecule has 0 spiro atoms. The summed E-state index contributed by atoms with van der Waals surface area (Å²) in [5.41, 5.74) is 3.28. The van der Waals surface area contributed by atoms with Crippen molar-refractivity contribution < 1.29 is 9.90 Å². The summed E-state index contributed by atoms with van der Waals surface area (Å²) in [5, 5.41) is 18.4. The Hall–Kier alpha value is -2.73. The van der Waals surface area contributed by atoms with Crippen LogP contribution in [0.25, 0.3) is 22.2 Å². The highest BCUT2D eigenvalue weighted by Crippen LogP contribution is 2.27. The van der Waals surface area contributed by atoms with Crippen LogP contribution >= 0.6 is 0 Å². The number of carbonyl (C=O) groups excluding carboxylic acids is 1. The average molecular weight is 364 g/mol. The third kappa shape index (κ3) is 3.57. The number of hydrogen-bond acceptors (Lipinski definition) is 4. The van der Waals surface area contributed by atoms with Gasteiger partial charge in [-0.1, -0.05) is 18.2 Å². The van der Waals surface area contributed by atoms with Gasteiger partial charge in [0.1, 0.15) is 11.4 Å². The molecule has 2 N–H and O–H groups in total. The second kappa shape index (κ2) is 7.48. The number of carbonyl (C=O) groups is 1. The van der Waals surface area contributed by atoms with E-state index in [0.717, 1.165) is 54.4 Å². The van der Waals surface area contributed by atoms with Gasteiger partial charge in [-0.3, -0.25) is 14.5 Å². The first-order valence-corrected chi connectivity index (χ1v) is 9.56. The second-order valence-corrected chi connectivity index (χ2v) is 7.09. The van der Waals surface area contributed by atoms with E-state index in [4.69, 9.17) is 5.10 Å². The molecule has 0 radical (unpaired) electrons. The maximum atomic E-state index is 12.4. The Bertz CT molecular complexity index is 940. The highest BCUT2D eigenvalue weighted by atomic mass is 16.3. The van der Waals surface area contributed by atoms with Crippen molar-refractivity contribution in [2.24, 2.45) is 0 Å². The van der Waals surface area contributed by atoms with E-state index >= 15 is 0 Å². The van der Waals surface area contributed by atoms with Gasteiger partial charge in [0, 0.05) is 29.7 Å². The predicted octanol–water partition coefficient (Wildman–Crippen LogP) is 3.15. The molecule has 0 atom stereocenters. The first-order valence-electron chi connectivity index (χ1n) is 9.56. The zero-order chi connectivity index (χ0) is 18.8. The van der Waals surface area contributed by atoms with Gasteiger partial charge in [0.25, 0.3) is 5.91 Å². The highest BCUT2D eigenvalue weighted by Gasteiger charge is 2.22. The molecule has 2 heterocycles. The van der Waals surface area contributed by atoms with Crippen LogP contribution in [0.1, 0.15) is 43.1 Å². The Morgan fingerprint density at radius 2 is 1.96 bits per heavy atom. The van der Waals surface area contributed by atoms with Crippen molar-refractivity contribution in [2.45, 2.75) is 51.3 Å². The van der Waals surface area contributed by atoms with Gasteiger partial charge in [-0.05, 0) is 50.8 Å². The third-order valence-electron chi connectivity index (χ3n) is 5.26. The molecule has 0 bridgehead atoms. The number of aliphatic hydroxyl groups excluding tert-OH is 1. The van der Waals surface area contributed by atoms with Crippen molar-refractivity contribution in [3.8, 4) is 11.3 Å². The van der Waals surface area contributed by atoms with Crippen molar-refractivity contribution in [2.75, 3.05) is 0 Å². The topological polar surface area (TPSA) is 80.0 Å². The van der Waals surface area contributed by atoms with Crippen molar-refractivity contribution >= 4 is 16.8 Å². The number of rotatable bonds is 4. The Balaban J connectivity index is 1.53. The van der Waals surface area contributed by atoms with Gasteiger partial charge < -0.3 is 10.4 Å². The summed E-state index contributed by atoms with van der Waals surface area (Å²) >= 11 is 0. The second-order valence-electron chi connectivity index (χ2n) is 7.09. The molecule has 1 aliphatic carbocycles. The molecule has 1 amide bonds. The molecule has 1 aromatic carbocycles. The number of aromatic nitrogens is 3. The van der Waals surface area contributed by atoms with Gasteiger partial charge >= 0.3 is 0 Å². The zero-order valence-corrected chi connectivity index (χ0v) is 15.4. The SMILES string of the molecule is CCn1nc(-c2ccc(C(=O)NC3CCC(O)CC3)nc2)c2ccccc21. The Kier molecular flexibility index (Phi) is 4.90. The van der Waals surface area contributed by atoms with Crippen molar-refractivity contribution in [3.63, 3.8) is 0 Å². The van der Waals surface area contributed by atoms with E-state index in [-0.39, 0.29) is 18.1 Å². The smallest absolute Gasteiger partial charge is 0.270 e. The fraction of sp³-hybridized carbons (Fsp3) is 0.381. The lowest BCUT2D eigenvalue weighted by Gasteiger charge is -2.26. The molecular formula is C21H24N4O2. The minimum atomic E-state index is -0.228. The van der Waals surface area contributed by atoms with E-state index in [0.29, 0.717) is 5.69 Å². The molecule has 27 heavy (non-hydrogen) atoms. The van der Waals surface area contributed by atoms with Gasteiger partial charge in [-0.25, -0.2) is 0 Å². The van der Waals surface area contributed by atoms with Crippen LogP contribution < -0.4 is 5.32 Å². The van der Waals surface area contributed by atoms with Crippen LogP contribution in [0.2, 0.25) is 0 Å². The molecule has 3 aromatic rings. The molecule has 6 nitrogen and oxygen atoms in total. The van der Waals surface area contributed by atoms with Crippen LogP contribution in [0.4, 0.5) is 0 Å². The number of para-hydroxylation sites is 1. The lowest BCUT2D eigenvalue weighted by Crippen LogP contribution is -2.38. The summed E-state index contributed by atoms with van der Waals surface area (Å²) in [6.07, 6.45) is 4.59. The van der Waals surface area contributed by atoms with E-state index in [1.807, 2.05) is 22.9 Å². The molecule has 0 unspecified atom stereocenters. The number of nitrogens with one attached hydrogen (secondary N) is 1. The average Bonchev–Trinajstić information content (AvgIpc) is 3.09. The van der Waals surface area contributed by atoms with Crippen LogP contribution in [-0.4, -0.2) is 37.9 Å². The number of hydrogen-bond donors (Lipinski definition) is 2. The van der Waals surface area contributed by atoms with Crippen LogP contribution in [0, 0.1) is 0 Å². The van der Waals surface area contributed by atoms with Gasteiger partial charge in [0.15, 0.2) is 0 Å². The number of benzene rings is 1. The monoisotopic (exact) mass is 364 g/mol. The molecule has 1 saturated carbocycles. The van der Waals surface area contributed by atoms with Crippen molar-refractivity contribution in [1.82, 2.24) is 20.1 Å². The summed E-state index contributed by atoms with van der Waals surface area (Å²) in [6, 6.07) is 11.9. The zero-order valence-electron chi connectivity index (χ0n) is 15.4. The van der Waals surface area contributed by atoms with Crippen LogP contribution in [-0.2, 0) is 6.54 Å². The van der Waals surface area contributed by atoms with Crippen LogP contribution in [0.5, 0.6) is 0 Å². The van der Waals surface area contributed by atoms with Gasteiger partial charge in [-0.2, -0.15) is 5.10 Å². The first kappa shape index (κ1) is 17.7. The number of aryl methyl sites for hydroxylation is 1. The lowest BCUT2D eigenvalue weighted by molar-refractivity contribution is 0.0863. The standard InChI is InChI=1S/C21H24N4O2/c1-2-25-19-6-4-3-5-17(19)20(24-25)14-7-12-18(22-13-14)21(27)23-15-8-10-16(26)11-9-15/h3-7,12-13,15-16,26H,2,8-11H2,1H3,(H,23,27). The lowest BCUT2D eigenvalue weighted by atomic mass is 9.93. The fourth-order valence-electron chi connectivity index (χ4n) is 3.73. The van der Waals surface area contributed by atoms with Crippen LogP contribution in [0.15, 0.2) is 42.6 Å². The maximum absolute atomic E-state index is 12.4.